The molecule has 3 heteroatoms. The molecule has 1 fully saturated rings. The third kappa shape index (κ3) is 2.45. The number of rotatable bonds is 2. The van der Waals surface area contributed by atoms with Crippen molar-refractivity contribution in [3.63, 3.8) is 0 Å². The Hall–Kier alpha value is 0.210. The number of halogens is 1. The molecule has 0 amide bonds. The predicted octanol–water partition coefficient (Wildman–Crippen LogP) is 0.722. The first-order valence-electron chi connectivity index (χ1n) is 3.75. The molecule has 1 saturated heterocycles. The smallest absolute Gasteiger partial charge is 0.0229 e. The molecular formula is C7H17ClN2. The molecule has 10 heavy (non-hydrogen) atoms. The lowest BCUT2D eigenvalue weighted by atomic mass is 10.2. The first-order valence-corrected chi connectivity index (χ1v) is 3.75. The van der Waals surface area contributed by atoms with Gasteiger partial charge in [-0.3, -0.25) is 0 Å². The van der Waals surface area contributed by atoms with E-state index < -0.39 is 0 Å². The molecule has 0 saturated carbocycles. The number of nitrogens with zero attached hydrogens (tertiary/aromatic N) is 1. The SMILES string of the molecule is CCN(C)[C@H]1CCNC1.Cl. The van der Waals surface area contributed by atoms with Crippen LogP contribution in [0.1, 0.15) is 13.3 Å². The highest BCUT2D eigenvalue weighted by Crippen LogP contribution is 2.04. The van der Waals surface area contributed by atoms with Crippen molar-refractivity contribution in [3.8, 4) is 0 Å². The summed E-state index contributed by atoms with van der Waals surface area (Å²) in [6, 6.07) is 0.801. The Morgan fingerprint density at radius 1 is 1.60 bits per heavy atom. The van der Waals surface area contributed by atoms with Crippen molar-refractivity contribution in [2.24, 2.45) is 0 Å². The molecule has 1 rings (SSSR count). The number of hydrogen-bond donors (Lipinski definition) is 1. The van der Waals surface area contributed by atoms with Crippen LogP contribution < -0.4 is 5.32 Å². The van der Waals surface area contributed by atoms with Gasteiger partial charge in [0.2, 0.25) is 0 Å². The number of nitrogens with one attached hydrogen (secondary N) is 1. The summed E-state index contributed by atoms with van der Waals surface area (Å²) in [6.07, 6.45) is 1.32. The maximum Gasteiger partial charge on any atom is 0.0229 e. The second kappa shape index (κ2) is 4.94. The summed E-state index contributed by atoms with van der Waals surface area (Å²) in [5.41, 5.74) is 0. The molecule has 1 atom stereocenters. The molecular weight excluding hydrogens is 148 g/mol. The van der Waals surface area contributed by atoms with Crippen LogP contribution in [0, 0.1) is 0 Å². The molecule has 0 aromatic rings. The average molecular weight is 165 g/mol. The summed E-state index contributed by atoms with van der Waals surface area (Å²) in [6.45, 7) is 5.77. The van der Waals surface area contributed by atoms with Crippen LogP contribution in [-0.4, -0.2) is 37.6 Å². The molecule has 1 N–H and O–H groups in total. The van der Waals surface area contributed by atoms with Crippen LogP contribution in [0.4, 0.5) is 0 Å². The Bertz CT molecular complexity index is 81.7. The van der Waals surface area contributed by atoms with Gasteiger partial charge in [0.1, 0.15) is 0 Å². The van der Waals surface area contributed by atoms with Gasteiger partial charge in [0.15, 0.2) is 0 Å². The molecule has 1 aliphatic heterocycles. The highest BCUT2D eigenvalue weighted by Gasteiger charge is 2.16. The Labute approximate surface area is 69.4 Å². The Morgan fingerprint density at radius 2 is 2.30 bits per heavy atom. The topological polar surface area (TPSA) is 15.3 Å². The summed E-state index contributed by atoms with van der Waals surface area (Å²) < 4.78 is 0. The van der Waals surface area contributed by atoms with E-state index in [0.29, 0.717) is 0 Å². The Balaban J connectivity index is 0.000000810. The average Bonchev–Trinajstić information content (AvgIpc) is 2.37. The molecule has 0 aromatic carbocycles. The van der Waals surface area contributed by atoms with Gasteiger partial charge < -0.3 is 10.2 Å². The van der Waals surface area contributed by atoms with Gasteiger partial charge in [-0.1, -0.05) is 6.92 Å². The van der Waals surface area contributed by atoms with Gasteiger partial charge in [0, 0.05) is 12.6 Å². The summed E-state index contributed by atoms with van der Waals surface area (Å²) >= 11 is 0. The van der Waals surface area contributed by atoms with Crippen LogP contribution in [0.25, 0.3) is 0 Å². The standard InChI is InChI=1S/C7H16N2.ClH/c1-3-9(2)7-4-5-8-6-7;/h7-8H,3-6H2,1-2H3;1H/t7-;/m0./s1. The summed E-state index contributed by atoms with van der Waals surface area (Å²) in [5, 5.41) is 3.35. The maximum absolute atomic E-state index is 3.35. The third-order valence-corrected chi connectivity index (χ3v) is 2.16. The summed E-state index contributed by atoms with van der Waals surface area (Å²) in [4.78, 5) is 2.40. The van der Waals surface area contributed by atoms with Crippen LogP contribution >= 0.6 is 12.4 Å². The van der Waals surface area contributed by atoms with E-state index in [-0.39, 0.29) is 12.4 Å². The van der Waals surface area contributed by atoms with Gasteiger partial charge in [-0.25, -0.2) is 0 Å². The lowest BCUT2D eigenvalue weighted by molar-refractivity contribution is 0.270. The van der Waals surface area contributed by atoms with Crippen LogP contribution in [0.2, 0.25) is 0 Å². The van der Waals surface area contributed by atoms with E-state index in [1.165, 1.54) is 26.1 Å². The zero-order chi connectivity index (χ0) is 6.69. The van der Waals surface area contributed by atoms with Crippen molar-refractivity contribution >= 4 is 12.4 Å². The van der Waals surface area contributed by atoms with E-state index in [1.54, 1.807) is 0 Å². The fourth-order valence-corrected chi connectivity index (χ4v) is 1.27. The summed E-state index contributed by atoms with van der Waals surface area (Å²) in [5.74, 6) is 0. The highest BCUT2D eigenvalue weighted by atomic mass is 35.5. The number of hydrogen-bond acceptors (Lipinski definition) is 2. The lowest BCUT2D eigenvalue weighted by Crippen LogP contribution is -2.32. The second-order valence-corrected chi connectivity index (χ2v) is 2.72. The predicted molar refractivity (Wildman–Crippen MR) is 46.8 cm³/mol. The van der Waals surface area contributed by atoms with E-state index in [9.17, 15) is 0 Å². The van der Waals surface area contributed by atoms with Crippen LogP contribution in [0.15, 0.2) is 0 Å². The largest absolute Gasteiger partial charge is 0.315 e. The minimum Gasteiger partial charge on any atom is -0.315 e. The molecule has 2 nitrogen and oxygen atoms in total. The first-order chi connectivity index (χ1) is 4.34. The van der Waals surface area contributed by atoms with Crippen molar-refractivity contribution in [2.45, 2.75) is 19.4 Å². The quantitative estimate of drug-likeness (QED) is 0.647. The number of likely N-dealkylation sites (N-methyl/N-ethyl adjacent to an activating group) is 1. The van der Waals surface area contributed by atoms with Crippen LogP contribution in [0.5, 0.6) is 0 Å². The van der Waals surface area contributed by atoms with Gasteiger partial charge >= 0.3 is 0 Å². The van der Waals surface area contributed by atoms with Crippen LogP contribution in [0.3, 0.4) is 0 Å². The van der Waals surface area contributed by atoms with E-state index in [1.807, 2.05) is 0 Å². The van der Waals surface area contributed by atoms with Gasteiger partial charge in [-0.05, 0) is 26.6 Å². The third-order valence-electron chi connectivity index (χ3n) is 2.16. The minimum absolute atomic E-state index is 0. The molecule has 62 valence electrons. The Kier molecular flexibility index (Phi) is 5.04. The van der Waals surface area contributed by atoms with Crippen molar-refractivity contribution in [3.05, 3.63) is 0 Å². The fourth-order valence-electron chi connectivity index (χ4n) is 1.27. The van der Waals surface area contributed by atoms with Gasteiger partial charge in [-0.15, -0.1) is 12.4 Å². The van der Waals surface area contributed by atoms with Gasteiger partial charge in [0.25, 0.3) is 0 Å². The van der Waals surface area contributed by atoms with Gasteiger partial charge in [-0.2, -0.15) is 0 Å². The molecule has 0 aliphatic carbocycles. The molecule has 0 aromatic heterocycles. The van der Waals surface area contributed by atoms with Crippen molar-refractivity contribution in [1.29, 1.82) is 0 Å². The minimum atomic E-state index is 0. The molecule has 0 bridgehead atoms. The molecule has 0 unspecified atom stereocenters. The second-order valence-electron chi connectivity index (χ2n) is 2.72. The summed E-state index contributed by atoms with van der Waals surface area (Å²) in [7, 11) is 2.19. The van der Waals surface area contributed by atoms with E-state index in [4.69, 9.17) is 0 Å². The van der Waals surface area contributed by atoms with E-state index in [0.717, 1.165) is 6.04 Å². The molecule has 1 heterocycles. The zero-order valence-corrected chi connectivity index (χ0v) is 7.58. The van der Waals surface area contributed by atoms with Crippen molar-refractivity contribution < 1.29 is 0 Å². The monoisotopic (exact) mass is 164 g/mol. The lowest BCUT2D eigenvalue weighted by Gasteiger charge is -2.20. The normalized spacial score (nSPS) is 24.9. The fraction of sp³-hybridized carbons (Fsp3) is 1.00. The van der Waals surface area contributed by atoms with E-state index in [2.05, 4.69) is 24.2 Å². The van der Waals surface area contributed by atoms with Crippen LogP contribution in [-0.2, 0) is 0 Å². The van der Waals surface area contributed by atoms with Crippen molar-refractivity contribution in [1.82, 2.24) is 10.2 Å². The highest BCUT2D eigenvalue weighted by molar-refractivity contribution is 5.85. The van der Waals surface area contributed by atoms with Crippen molar-refractivity contribution in [2.75, 3.05) is 26.7 Å². The van der Waals surface area contributed by atoms with E-state index >= 15 is 0 Å². The van der Waals surface area contributed by atoms with Gasteiger partial charge in [0.05, 0.1) is 0 Å². The molecule has 0 spiro atoms. The molecule has 0 radical (unpaired) electrons. The molecule has 1 aliphatic rings. The first kappa shape index (κ1) is 10.2. The zero-order valence-electron chi connectivity index (χ0n) is 6.76. The Morgan fingerprint density at radius 3 is 2.70 bits per heavy atom. The maximum atomic E-state index is 3.35.